The molecule has 112 valence electrons. The quantitative estimate of drug-likeness (QED) is 0.621. The number of hydrogen-bond acceptors (Lipinski definition) is 7. The summed E-state index contributed by atoms with van der Waals surface area (Å²) in [5.74, 6) is 0.640. The van der Waals surface area contributed by atoms with Crippen LogP contribution in [0.2, 0.25) is 0 Å². The van der Waals surface area contributed by atoms with Crippen molar-refractivity contribution in [3.05, 3.63) is 42.0 Å². The summed E-state index contributed by atoms with van der Waals surface area (Å²) < 4.78 is 5.63. The fourth-order valence-electron chi connectivity index (χ4n) is 1.80. The fourth-order valence-corrected chi connectivity index (χ4v) is 1.80. The zero-order valence-corrected chi connectivity index (χ0v) is 11.9. The molecule has 0 bridgehead atoms. The summed E-state index contributed by atoms with van der Waals surface area (Å²) in [7, 11) is 0. The summed E-state index contributed by atoms with van der Waals surface area (Å²) in [5.41, 5.74) is 1.62. The molecule has 0 amide bonds. The van der Waals surface area contributed by atoms with E-state index in [9.17, 15) is 14.4 Å². The Morgan fingerprint density at radius 1 is 0.826 bits per heavy atom. The van der Waals surface area contributed by atoms with Crippen LogP contribution < -0.4 is 4.74 Å². The maximum absolute atomic E-state index is 10.5. The average molecular weight is 307 g/mol. The Bertz CT molecular complexity index is 888. The van der Waals surface area contributed by atoms with Crippen LogP contribution in [0.4, 0.5) is 17.1 Å². The van der Waals surface area contributed by atoms with E-state index in [2.05, 4.69) is 15.0 Å². The van der Waals surface area contributed by atoms with Crippen LogP contribution in [0.25, 0.3) is 0 Å². The number of hydrogen-bond donors (Lipinski definition) is 0. The van der Waals surface area contributed by atoms with Gasteiger partial charge >= 0.3 is 0 Å². The Labute approximate surface area is 130 Å². The van der Waals surface area contributed by atoms with Gasteiger partial charge < -0.3 is 4.74 Å². The average Bonchev–Trinajstić information content (AvgIpc) is 2.54. The van der Waals surface area contributed by atoms with E-state index < -0.39 is 0 Å². The lowest BCUT2D eigenvalue weighted by Crippen LogP contribution is -1.86. The summed E-state index contributed by atoms with van der Waals surface area (Å²) in [5, 5.41) is 0. The molecule has 7 heteroatoms. The van der Waals surface area contributed by atoms with E-state index in [1.54, 1.807) is 25.1 Å². The van der Waals surface area contributed by atoms with E-state index in [0.717, 1.165) is 5.56 Å². The summed E-state index contributed by atoms with van der Waals surface area (Å²) in [4.78, 5) is 41.7. The van der Waals surface area contributed by atoms with E-state index in [1.165, 1.54) is 36.4 Å². The molecule has 0 spiro atoms. The maximum atomic E-state index is 10.5. The molecule has 2 rings (SSSR count). The summed E-state index contributed by atoms with van der Waals surface area (Å²) in [6, 6.07) is 9.32. The first-order chi connectivity index (χ1) is 11.2. The van der Waals surface area contributed by atoms with Crippen LogP contribution in [0, 0.1) is 6.92 Å². The van der Waals surface area contributed by atoms with E-state index in [1.807, 2.05) is 0 Å². The van der Waals surface area contributed by atoms with Gasteiger partial charge in [0, 0.05) is 6.07 Å². The van der Waals surface area contributed by atoms with Gasteiger partial charge in [0.05, 0.1) is 11.4 Å². The van der Waals surface area contributed by atoms with E-state index in [-0.39, 0.29) is 17.1 Å². The smallest absolute Gasteiger partial charge is 0.240 e. The van der Waals surface area contributed by atoms with Gasteiger partial charge in [0.1, 0.15) is 11.4 Å². The highest BCUT2D eigenvalue weighted by atomic mass is 16.5. The summed E-state index contributed by atoms with van der Waals surface area (Å²) in [6.07, 6.45) is 4.27. The second kappa shape index (κ2) is 7.41. The van der Waals surface area contributed by atoms with E-state index >= 15 is 0 Å². The second-order valence-electron chi connectivity index (χ2n) is 4.31. The van der Waals surface area contributed by atoms with Crippen LogP contribution in [-0.4, -0.2) is 18.2 Å². The molecule has 0 aliphatic carbocycles. The highest BCUT2D eigenvalue weighted by molar-refractivity contribution is 5.66. The Balaban J connectivity index is 2.43. The molecule has 0 atom stereocenters. The zero-order valence-electron chi connectivity index (χ0n) is 11.9. The molecule has 0 aliphatic heterocycles. The van der Waals surface area contributed by atoms with Crippen LogP contribution in [0.15, 0.2) is 51.4 Å². The minimum Gasteiger partial charge on any atom is -0.455 e. The molecule has 23 heavy (non-hydrogen) atoms. The predicted octanol–water partition coefficient (Wildman–Crippen LogP) is 3.69. The van der Waals surface area contributed by atoms with Gasteiger partial charge in [-0.05, 0) is 36.8 Å². The lowest BCUT2D eigenvalue weighted by Gasteiger charge is -2.09. The number of aryl methyl sites for hydroxylation is 1. The highest BCUT2D eigenvalue weighted by Gasteiger charge is 2.08. The van der Waals surface area contributed by atoms with Crippen LogP contribution in [0.1, 0.15) is 5.56 Å². The first-order valence-electron chi connectivity index (χ1n) is 6.34. The van der Waals surface area contributed by atoms with Crippen molar-refractivity contribution in [3.8, 4) is 11.5 Å². The molecule has 0 heterocycles. The molecule has 0 aliphatic rings. The summed E-state index contributed by atoms with van der Waals surface area (Å²) in [6.45, 7) is 1.79. The van der Waals surface area contributed by atoms with Gasteiger partial charge in [0.25, 0.3) is 0 Å². The molecule has 0 unspecified atom stereocenters. The van der Waals surface area contributed by atoms with Crippen molar-refractivity contribution in [1.82, 2.24) is 0 Å². The summed E-state index contributed by atoms with van der Waals surface area (Å²) >= 11 is 0. The van der Waals surface area contributed by atoms with Crippen molar-refractivity contribution in [2.24, 2.45) is 15.0 Å². The van der Waals surface area contributed by atoms with Crippen molar-refractivity contribution < 1.29 is 19.1 Å². The monoisotopic (exact) mass is 307 g/mol. The maximum Gasteiger partial charge on any atom is 0.240 e. The number of rotatable bonds is 5. The molecule has 0 saturated carbocycles. The number of aliphatic imine (C=N–C) groups is 3. The molecule has 7 nitrogen and oxygen atoms in total. The van der Waals surface area contributed by atoms with Gasteiger partial charge in [0.2, 0.25) is 18.2 Å². The van der Waals surface area contributed by atoms with E-state index in [4.69, 9.17) is 4.74 Å². The third-order valence-corrected chi connectivity index (χ3v) is 2.86. The third kappa shape index (κ3) is 3.94. The fraction of sp³-hybridized carbons (Fsp3) is 0.0625. The number of isocyanates is 3. The first kappa shape index (κ1) is 15.8. The highest BCUT2D eigenvalue weighted by Crippen LogP contribution is 2.36. The molecule has 0 aromatic heterocycles. The predicted molar refractivity (Wildman–Crippen MR) is 81.0 cm³/mol. The van der Waals surface area contributed by atoms with Crippen molar-refractivity contribution in [2.75, 3.05) is 0 Å². The Morgan fingerprint density at radius 3 is 2.22 bits per heavy atom. The molecule has 2 aromatic rings. The van der Waals surface area contributed by atoms with Gasteiger partial charge in [-0.3, -0.25) is 0 Å². The van der Waals surface area contributed by atoms with Crippen molar-refractivity contribution >= 4 is 35.3 Å². The topological polar surface area (TPSA) is 97.5 Å². The minimum atomic E-state index is 0.150. The van der Waals surface area contributed by atoms with Crippen LogP contribution >= 0.6 is 0 Å². The number of ether oxygens (including phenoxy) is 1. The molecule has 0 fully saturated rings. The van der Waals surface area contributed by atoms with Crippen LogP contribution in [0.5, 0.6) is 11.5 Å². The third-order valence-electron chi connectivity index (χ3n) is 2.86. The Kier molecular flexibility index (Phi) is 5.08. The van der Waals surface area contributed by atoms with Gasteiger partial charge in [-0.2, -0.15) is 15.0 Å². The van der Waals surface area contributed by atoms with Crippen molar-refractivity contribution in [1.29, 1.82) is 0 Å². The normalized spacial score (nSPS) is 9.09. The molecule has 0 saturated heterocycles. The Hall–Kier alpha value is -3.62. The molecular weight excluding hydrogens is 298 g/mol. The number of carbonyl (C=O) groups excluding carboxylic acids is 3. The van der Waals surface area contributed by atoms with Crippen molar-refractivity contribution in [3.63, 3.8) is 0 Å². The van der Waals surface area contributed by atoms with Crippen molar-refractivity contribution in [2.45, 2.75) is 6.92 Å². The van der Waals surface area contributed by atoms with E-state index in [0.29, 0.717) is 11.4 Å². The van der Waals surface area contributed by atoms with Crippen LogP contribution in [0.3, 0.4) is 0 Å². The molecule has 2 aromatic carbocycles. The minimum absolute atomic E-state index is 0.150. The Morgan fingerprint density at radius 2 is 1.52 bits per heavy atom. The van der Waals surface area contributed by atoms with Gasteiger partial charge in [-0.25, -0.2) is 14.4 Å². The van der Waals surface area contributed by atoms with Crippen LogP contribution in [-0.2, 0) is 14.4 Å². The standard InChI is InChI=1S/C16H9N3O4/c1-11-2-4-13(7-14(11)18-9-21)23-16-5-3-12(17-8-20)6-15(16)19-10-22/h2-7H,1H3. The number of nitrogens with zero attached hydrogens (tertiary/aromatic N) is 3. The first-order valence-corrected chi connectivity index (χ1v) is 6.34. The SMILES string of the molecule is Cc1ccc(Oc2ccc(N=C=O)cc2N=C=O)cc1N=C=O. The zero-order chi connectivity index (χ0) is 16.7. The lowest BCUT2D eigenvalue weighted by molar-refractivity contribution is 0.484. The largest absolute Gasteiger partial charge is 0.455 e. The number of benzene rings is 2. The van der Waals surface area contributed by atoms with Gasteiger partial charge in [-0.15, -0.1) is 0 Å². The lowest BCUT2D eigenvalue weighted by atomic mass is 10.2. The second-order valence-corrected chi connectivity index (χ2v) is 4.31. The van der Waals surface area contributed by atoms with Gasteiger partial charge in [-0.1, -0.05) is 6.07 Å². The molecule has 0 radical (unpaired) electrons. The molecule has 0 N–H and O–H groups in total. The molecular formula is C16H9N3O4. The van der Waals surface area contributed by atoms with Gasteiger partial charge in [0.15, 0.2) is 5.75 Å².